The molecule has 0 saturated heterocycles. The summed E-state index contributed by atoms with van der Waals surface area (Å²) in [5.74, 6) is -1.10. The fraction of sp³-hybridized carbons (Fsp3) is 0.500. The fourth-order valence-electron chi connectivity index (χ4n) is 1.13. The summed E-state index contributed by atoms with van der Waals surface area (Å²) in [5, 5.41) is 0. The maximum Gasteiger partial charge on any atom is 0.165 e. The molecule has 1 aromatic carbocycles. The third kappa shape index (κ3) is 3.77. The van der Waals surface area contributed by atoms with Crippen molar-refractivity contribution in [2.24, 2.45) is 11.1 Å². The summed E-state index contributed by atoms with van der Waals surface area (Å²) >= 11 is 0. The molecule has 0 fully saturated rings. The van der Waals surface area contributed by atoms with E-state index in [2.05, 4.69) is 0 Å². The van der Waals surface area contributed by atoms with Gasteiger partial charge in [-0.05, 0) is 30.5 Å². The predicted octanol–water partition coefficient (Wildman–Crippen LogP) is 2.72. The molecule has 16 heavy (non-hydrogen) atoms. The molecule has 0 radical (unpaired) electrons. The molecule has 0 aliphatic carbocycles. The number of hydrogen-bond acceptors (Lipinski definition) is 2. The van der Waals surface area contributed by atoms with E-state index >= 15 is 0 Å². The first-order valence-electron chi connectivity index (χ1n) is 5.22. The highest BCUT2D eigenvalue weighted by atomic mass is 19.1. The van der Waals surface area contributed by atoms with Gasteiger partial charge in [-0.3, -0.25) is 0 Å². The van der Waals surface area contributed by atoms with Crippen LogP contribution in [-0.2, 0) is 0 Å². The lowest BCUT2D eigenvalue weighted by molar-refractivity contribution is 0.226. The van der Waals surface area contributed by atoms with Crippen LogP contribution in [0.2, 0.25) is 0 Å². The molecule has 1 rings (SSSR count). The first-order chi connectivity index (χ1) is 7.44. The van der Waals surface area contributed by atoms with Gasteiger partial charge in [-0.25, -0.2) is 8.78 Å². The molecule has 0 aromatic heterocycles. The third-order valence-corrected chi connectivity index (χ3v) is 2.48. The second kappa shape index (κ2) is 5.25. The van der Waals surface area contributed by atoms with Crippen LogP contribution in [0.4, 0.5) is 8.78 Å². The van der Waals surface area contributed by atoms with Crippen molar-refractivity contribution < 1.29 is 13.5 Å². The van der Waals surface area contributed by atoms with Gasteiger partial charge in [0, 0.05) is 6.07 Å². The predicted molar refractivity (Wildman–Crippen MR) is 59.3 cm³/mol. The summed E-state index contributed by atoms with van der Waals surface area (Å²) in [5.41, 5.74) is 5.50. The molecule has 0 saturated carbocycles. The minimum absolute atomic E-state index is 0.0483. The van der Waals surface area contributed by atoms with Crippen LogP contribution in [0, 0.1) is 17.0 Å². The van der Waals surface area contributed by atoms with E-state index in [-0.39, 0.29) is 11.2 Å². The van der Waals surface area contributed by atoms with Crippen molar-refractivity contribution >= 4 is 0 Å². The van der Waals surface area contributed by atoms with Crippen LogP contribution in [0.3, 0.4) is 0 Å². The normalized spacial score (nSPS) is 11.6. The van der Waals surface area contributed by atoms with Gasteiger partial charge >= 0.3 is 0 Å². The van der Waals surface area contributed by atoms with E-state index in [9.17, 15) is 8.78 Å². The lowest BCUT2D eigenvalue weighted by atomic mass is 9.90. The zero-order valence-electron chi connectivity index (χ0n) is 9.59. The molecular weight excluding hydrogens is 212 g/mol. The van der Waals surface area contributed by atoms with E-state index in [1.807, 2.05) is 13.8 Å². The van der Waals surface area contributed by atoms with Gasteiger partial charge in [-0.1, -0.05) is 13.8 Å². The quantitative estimate of drug-likeness (QED) is 0.842. The van der Waals surface area contributed by atoms with E-state index in [4.69, 9.17) is 10.5 Å². The van der Waals surface area contributed by atoms with Crippen LogP contribution < -0.4 is 10.5 Å². The molecule has 0 spiro atoms. The molecule has 2 nitrogen and oxygen atoms in total. The third-order valence-electron chi connectivity index (χ3n) is 2.48. The summed E-state index contributed by atoms with van der Waals surface area (Å²) in [7, 11) is 0. The summed E-state index contributed by atoms with van der Waals surface area (Å²) in [4.78, 5) is 0. The number of halogens is 2. The van der Waals surface area contributed by atoms with Gasteiger partial charge in [0.1, 0.15) is 5.82 Å². The zero-order chi connectivity index (χ0) is 12.2. The number of hydrogen-bond donors (Lipinski definition) is 1. The van der Waals surface area contributed by atoms with Crippen LogP contribution in [0.25, 0.3) is 0 Å². The monoisotopic (exact) mass is 229 g/mol. The molecule has 0 amide bonds. The highest BCUT2D eigenvalue weighted by Crippen LogP contribution is 2.21. The number of ether oxygens (including phenoxy) is 1. The van der Waals surface area contributed by atoms with E-state index < -0.39 is 11.6 Å². The lowest BCUT2D eigenvalue weighted by Gasteiger charge is -2.22. The maximum absolute atomic E-state index is 13.2. The summed E-state index contributed by atoms with van der Waals surface area (Å²) in [6.45, 7) is 4.85. The van der Waals surface area contributed by atoms with Crippen LogP contribution in [0.5, 0.6) is 5.75 Å². The summed E-state index contributed by atoms with van der Waals surface area (Å²) in [6.07, 6.45) is 0.694. The standard InChI is InChI=1S/C12H17F2NO/c1-12(2,8-15)5-6-16-11-7-9(13)3-4-10(11)14/h3-4,7H,5-6,8,15H2,1-2H3. The first-order valence-corrected chi connectivity index (χ1v) is 5.22. The molecular formula is C12H17F2NO. The summed E-state index contributed by atoms with van der Waals surface area (Å²) in [6, 6.07) is 3.16. The van der Waals surface area contributed by atoms with Gasteiger partial charge in [0.05, 0.1) is 6.61 Å². The van der Waals surface area contributed by atoms with E-state index in [0.717, 1.165) is 18.2 Å². The minimum Gasteiger partial charge on any atom is -0.490 e. The van der Waals surface area contributed by atoms with E-state index in [0.29, 0.717) is 19.6 Å². The van der Waals surface area contributed by atoms with Crippen LogP contribution in [0.15, 0.2) is 18.2 Å². The Labute approximate surface area is 94.4 Å². The lowest BCUT2D eigenvalue weighted by Crippen LogP contribution is -2.25. The van der Waals surface area contributed by atoms with E-state index in [1.165, 1.54) is 0 Å². The highest BCUT2D eigenvalue weighted by Gasteiger charge is 2.15. The Balaban J connectivity index is 2.52. The van der Waals surface area contributed by atoms with Crippen molar-refractivity contribution in [1.82, 2.24) is 0 Å². The largest absolute Gasteiger partial charge is 0.490 e. The van der Waals surface area contributed by atoms with Gasteiger partial charge in [-0.2, -0.15) is 0 Å². The molecule has 0 unspecified atom stereocenters. The second-order valence-electron chi connectivity index (χ2n) is 4.54. The molecule has 90 valence electrons. The molecule has 4 heteroatoms. The second-order valence-corrected chi connectivity index (χ2v) is 4.54. The van der Waals surface area contributed by atoms with Crippen molar-refractivity contribution in [1.29, 1.82) is 0 Å². The average Bonchev–Trinajstić information content (AvgIpc) is 2.23. The Morgan fingerprint density at radius 2 is 2.00 bits per heavy atom. The topological polar surface area (TPSA) is 35.2 Å². The average molecular weight is 229 g/mol. The minimum atomic E-state index is -0.549. The van der Waals surface area contributed by atoms with E-state index in [1.54, 1.807) is 0 Å². The molecule has 0 aliphatic rings. The van der Waals surface area contributed by atoms with Gasteiger partial charge in [-0.15, -0.1) is 0 Å². The zero-order valence-corrected chi connectivity index (χ0v) is 9.59. The molecule has 0 atom stereocenters. The number of benzene rings is 1. The Morgan fingerprint density at radius 3 is 2.62 bits per heavy atom. The van der Waals surface area contributed by atoms with Crippen molar-refractivity contribution in [3.05, 3.63) is 29.8 Å². The van der Waals surface area contributed by atoms with Crippen LogP contribution in [-0.4, -0.2) is 13.2 Å². The molecule has 2 N–H and O–H groups in total. The molecule has 0 bridgehead atoms. The number of rotatable bonds is 5. The smallest absolute Gasteiger partial charge is 0.165 e. The molecule has 0 aliphatic heterocycles. The van der Waals surface area contributed by atoms with Gasteiger partial charge in [0.25, 0.3) is 0 Å². The molecule has 0 heterocycles. The Hall–Kier alpha value is -1.16. The van der Waals surface area contributed by atoms with Crippen molar-refractivity contribution in [3.63, 3.8) is 0 Å². The Bertz CT molecular complexity index is 353. The fourth-order valence-corrected chi connectivity index (χ4v) is 1.13. The van der Waals surface area contributed by atoms with Crippen LogP contribution >= 0.6 is 0 Å². The maximum atomic E-state index is 13.2. The van der Waals surface area contributed by atoms with Gasteiger partial charge in [0.15, 0.2) is 11.6 Å². The molecule has 1 aromatic rings. The highest BCUT2D eigenvalue weighted by molar-refractivity contribution is 5.24. The van der Waals surface area contributed by atoms with Gasteiger partial charge < -0.3 is 10.5 Å². The Morgan fingerprint density at radius 1 is 1.31 bits per heavy atom. The van der Waals surface area contributed by atoms with Crippen molar-refractivity contribution in [2.75, 3.05) is 13.2 Å². The van der Waals surface area contributed by atoms with Crippen molar-refractivity contribution in [2.45, 2.75) is 20.3 Å². The number of nitrogens with two attached hydrogens (primary N) is 1. The first kappa shape index (κ1) is 12.9. The summed E-state index contributed by atoms with van der Waals surface area (Å²) < 4.78 is 31.1. The van der Waals surface area contributed by atoms with Crippen molar-refractivity contribution in [3.8, 4) is 5.75 Å². The Kier molecular flexibility index (Phi) is 4.24. The SMILES string of the molecule is CC(C)(CN)CCOc1cc(F)ccc1F. The van der Waals surface area contributed by atoms with Gasteiger partial charge in [0.2, 0.25) is 0 Å². The van der Waals surface area contributed by atoms with Crippen LogP contribution in [0.1, 0.15) is 20.3 Å².